The van der Waals surface area contributed by atoms with Crippen molar-refractivity contribution in [1.29, 1.82) is 0 Å². The highest BCUT2D eigenvalue weighted by Gasteiger charge is 2.10. The monoisotopic (exact) mass is 291 g/mol. The number of nitrogens with two attached hydrogens (primary N) is 1. The van der Waals surface area contributed by atoms with Gasteiger partial charge in [-0.05, 0) is 42.8 Å². The first-order chi connectivity index (χ1) is 10.1. The van der Waals surface area contributed by atoms with Crippen molar-refractivity contribution in [3.63, 3.8) is 0 Å². The molecule has 0 saturated heterocycles. The van der Waals surface area contributed by atoms with Crippen LogP contribution in [0.25, 0.3) is 0 Å². The molecule has 4 N–H and O–H groups in total. The van der Waals surface area contributed by atoms with Crippen molar-refractivity contribution in [3.05, 3.63) is 48.0 Å². The Morgan fingerprint density at radius 2 is 1.48 bits per heavy atom. The third-order valence-corrected chi connectivity index (χ3v) is 2.73. The van der Waals surface area contributed by atoms with Gasteiger partial charge in [0.25, 0.3) is 0 Å². The second-order valence-electron chi connectivity index (χ2n) is 4.22. The molecule has 0 amide bonds. The lowest BCUT2D eigenvalue weighted by Crippen LogP contribution is -2.03. The smallest absolute Gasteiger partial charge is 0.200 e. The highest BCUT2D eigenvalue weighted by atomic mass is 16.5. The van der Waals surface area contributed by atoms with E-state index in [-0.39, 0.29) is 5.75 Å². The van der Waals surface area contributed by atoms with Gasteiger partial charge in [0.1, 0.15) is 5.75 Å². The molecule has 0 aliphatic rings. The summed E-state index contributed by atoms with van der Waals surface area (Å²) >= 11 is 0. The standard InChI is InChI=1S/C10H15NO3.C6H6O/c1-13-8-5-7(3-4-11)6-9(14-2)10(8)12;7-6-4-2-1-3-5-6/h5-6,12H,3-4,11H2,1-2H3;1-5,7H. The first-order valence-electron chi connectivity index (χ1n) is 6.50. The summed E-state index contributed by atoms with van der Waals surface area (Å²) in [7, 11) is 3.00. The predicted octanol–water partition coefficient (Wildman–Crippen LogP) is 2.30. The van der Waals surface area contributed by atoms with Crippen molar-refractivity contribution in [2.24, 2.45) is 5.73 Å². The topological polar surface area (TPSA) is 84.9 Å². The number of aromatic hydroxyl groups is 2. The van der Waals surface area contributed by atoms with Crippen molar-refractivity contribution in [3.8, 4) is 23.0 Å². The summed E-state index contributed by atoms with van der Waals surface area (Å²) in [4.78, 5) is 0. The van der Waals surface area contributed by atoms with Gasteiger partial charge >= 0.3 is 0 Å². The van der Waals surface area contributed by atoms with Gasteiger partial charge in [0.15, 0.2) is 11.5 Å². The second-order valence-corrected chi connectivity index (χ2v) is 4.22. The number of rotatable bonds is 4. The van der Waals surface area contributed by atoms with Crippen LogP contribution in [0.1, 0.15) is 5.56 Å². The van der Waals surface area contributed by atoms with Crippen LogP contribution in [-0.4, -0.2) is 31.0 Å². The summed E-state index contributed by atoms with van der Waals surface area (Å²) in [5.41, 5.74) is 6.42. The molecule has 2 rings (SSSR count). The van der Waals surface area contributed by atoms with E-state index in [1.165, 1.54) is 14.2 Å². The largest absolute Gasteiger partial charge is 0.508 e. The molecule has 0 heterocycles. The zero-order chi connectivity index (χ0) is 15.7. The minimum atomic E-state index is 0.0239. The molecule has 0 aliphatic heterocycles. The van der Waals surface area contributed by atoms with E-state index in [0.717, 1.165) is 12.0 Å². The van der Waals surface area contributed by atoms with Gasteiger partial charge in [-0.15, -0.1) is 0 Å². The maximum atomic E-state index is 9.60. The molecule has 5 nitrogen and oxygen atoms in total. The number of phenolic OH excluding ortho intramolecular Hbond substituents is 2. The number of ether oxygens (including phenoxy) is 2. The fraction of sp³-hybridized carbons (Fsp3) is 0.250. The van der Waals surface area contributed by atoms with Crippen LogP contribution in [0.15, 0.2) is 42.5 Å². The van der Waals surface area contributed by atoms with Crippen LogP contribution in [0.4, 0.5) is 0 Å². The minimum absolute atomic E-state index is 0.0239. The van der Waals surface area contributed by atoms with Crippen molar-refractivity contribution >= 4 is 0 Å². The molecule has 0 unspecified atom stereocenters. The summed E-state index contributed by atoms with van der Waals surface area (Å²) in [6.07, 6.45) is 0.729. The summed E-state index contributed by atoms with van der Waals surface area (Å²) < 4.78 is 10.0. The lowest BCUT2D eigenvalue weighted by atomic mass is 10.1. The molecule has 0 bridgehead atoms. The first kappa shape index (κ1) is 16.7. The fourth-order valence-corrected chi connectivity index (χ4v) is 1.69. The van der Waals surface area contributed by atoms with Crippen LogP contribution in [-0.2, 0) is 6.42 Å². The Balaban J connectivity index is 0.000000262. The van der Waals surface area contributed by atoms with E-state index in [1.54, 1.807) is 36.4 Å². The summed E-state index contributed by atoms with van der Waals surface area (Å²) in [5.74, 6) is 1.17. The van der Waals surface area contributed by atoms with Gasteiger partial charge in [-0.25, -0.2) is 0 Å². The third kappa shape index (κ3) is 5.24. The van der Waals surface area contributed by atoms with Gasteiger partial charge in [0.05, 0.1) is 14.2 Å². The molecule has 0 radical (unpaired) electrons. The van der Waals surface area contributed by atoms with Gasteiger partial charge < -0.3 is 25.4 Å². The molecule has 5 heteroatoms. The second kappa shape index (κ2) is 8.71. The maximum Gasteiger partial charge on any atom is 0.200 e. The van der Waals surface area contributed by atoms with Crippen LogP contribution in [0.3, 0.4) is 0 Å². The van der Waals surface area contributed by atoms with Crippen molar-refractivity contribution in [1.82, 2.24) is 0 Å². The normalized spacial score (nSPS) is 9.48. The summed E-state index contributed by atoms with van der Waals surface area (Å²) in [5, 5.41) is 18.2. The minimum Gasteiger partial charge on any atom is -0.508 e. The lowest BCUT2D eigenvalue weighted by Gasteiger charge is -2.10. The number of hydrogen-bond donors (Lipinski definition) is 3. The summed E-state index contributed by atoms with van der Waals surface area (Å²) in [6.45, 7) is 0.553. The van der Waals surface area contributed by atoms with Crippen LogP contribution >= 0.6 is 0 Å². The van der Waals surface area contributed by atoms with Crippen LogP contribution in [0, 0.1) is 0 Å². The Hall–Kier alpha value is -2.40. The van der Waals surface area contributed by atoms with E-state index in [9.17, 15) is 5.11 Å². The molecule has 0 aliphatic carbocycles. The zero-order valence-electron chi connectivity index (χ0n) is 12.2. The van der Waals surface area contributed by atoms with Crippen LogP contribution in [0.2, 0.25) is 0 Å². The number of hydrogen-bond acceptors (Lipinski definition) is 5. The molecule has 0 spiro atoms. The zero-order valence-corrected chi connectivity index (χ0v) is 12.2. The number of phenols is 2. The lowest BCUT2D eigenvalue weighted by molar-refractivity contribution is 0.339. The molecule has 2 aromatic carbocycles. The molecule has 21 heavy (non-hydrogen) atoms. The maximum absolute atomic E-state index is 9.60. The highest BCUT2D eigenvalue weighted by Crippen LogP contribution is 2.37. The van der Waals surface area contributed by atoms with Crippen molar-refractivity contribution < 1.29 is 19.7 Å². The van der Waals surface area contributed by atoms with Crippen molar-refractivity contribution in [2.75, 3.05) is 20.8 Å². The van der Waals surface area contributed by atoms with Gasteiger partial charge in [-0.2, -0.15) is 0 Å². The molecule has 0 atom stereocenters. The van der Waals surface area contributed by atoms with E-state index in [4.69, 9.17) is 20.3 Å². The van der Waals surface area contributed by atoms with E-state index < -0.39 is 0 Å². The van der Waals surface area contributed by atoms with Crippen LogP contribution < -0.4 is 15.2 Å². The number of methoxy groups -OCH3 is 2. The van der Waals surface area contributed by atoms with Gasteiger partial charge in [0.2, 0.25) is 5.75 Å². The average molecular weight is 291 g/mol. The quantitative estimate of drug-likeness (QED) is 0.805. The van der Waals surface area contributed by atoms with E-state index in [2.05, 4.69) is 0 Å². The Morgan fingerprint density at radius 3 is 1.81 bits per heavy atom. The average Bonchev–Trinajstić information content (AvgIpc) is 2.50. The van der Waals surface area contributed by atoms with Crippen LogP contribution in [0.5, 0.6) is 23.0 Å². The SMILES string of the molecule is COc1cc(CCN)cc(OC)c1O.Oc1ccccc1. The first-order valence-corrected chi connectivity index (χ1v) is 6.50. The van der Waals surface area contributed by atoms with E-state index in [0.29, 0.717) is 23.8 Å². The molecule has 0 fully saturated rings. The Bertz CT molecular complexity index is 518. The predicted molar refractivity (Wildman–Crippen MR) is 82.1 cm³/mol. The van der Waals surface area contributed by atoms with Gasteiger partial charge in [-0.1, -0.05) is 18.2 Å². The molecule has 114 valence electrons. The van der Waals surface area contributed by atoms with Crippen molar-refractivity contribution in [2.45, 2.75) is 6.42 Å². The fourth-order valence-electron chi connectivity index (χ4n) is 1.69. The Labute approximate surface area is 124 Å². The molecule has 0 aromatic heterocycles. The van der Waals surface area contributed by atoms with Gasteiger partial charge in [0, 0.05) is 0 Å². The van der Waals surface area contributed by atoms with E-state index in [1.807, 2.05) is 6.07 Å². The Morgan fingerprint density at radius 1 is 0.952 bits per heavy atom. The number of para-hydroxylation sites is 1. The molecule has 2 aromatic rings. The van der Waals surface area contributed by atoms with E-state index >= 15 is 0 Å². The third-order valence-electron chi connectivity index (χ3n) is 2.73. The number of benzene rings is 2. The molecular formula is C16H21NO4. The highest BCUT2D eigenvalue weighted by molar-refractivity contribution is 5.52. The molecule has 0 saturated carbocycles. The molecular weight excluding hydrogens is 270 g/mol. The Kier molecular flexibility index (Phi) is 6.91. The summed E-state index contributed by atoms with van der Waals surface area (Å²) in [6, 6.07) is 12.2. The van der Waals surface area contributed by atoms with Gasteiger partial charge in [-0.3, -0.25) is 0 Å².